The maximum Gasteiger partial charge on any atom is 0.128 e. The molecule has 1 heterocycles. The van der Waals surface area contributed by atoms with Crippen LogP contribution in [0.25, 0.3) is 0 Å². The number of nitrogens with zero attached hydrogens (tertiary/aromatic N) is 1. The van der Waals surface area contributed by atoms with Gasteiger partial charge in [0.15, 0.2) is 0 Å². The minimum Gasteiger partial charge on any atom is -0.383 e. The van der Waals surface area contributed by atoms with Crippen LogP contribution in [0.1, 0.15) is 17.3 Å². The van der Waals surface area contributed by atoms with Gasteiger partial charge in [-0.2, -0.15) is 0 Å². The van der Waals surface area contributed by atoms with Crippen LogP contribution in [0.2, 0.25) is 0 Å². The van der Waals surface area contributed by atoms with Gasteiger partial charge in [-0.3, -0.25) is 0 Å². The second-order valence-electron chi connectivity index (χ2n) is 2.55. The highest BCUT2D eigenvalue weighted by Crippen LogP contribution is 2.22. The zero-order chi connectivity index (χ0) is 7.84. The highest BCUT2D eigenvalue weighted by molar-refractivity contribution is 6.01. The smallest absolute Gasteiger partial charge is 0.128 e. The first-order valence-corrected chi connectivity index (χ1v) is 3.47. The molecule has 0 unspecified atom stereocenters. The SMILES string of the molecule is NC1=N[C@@H](N)c2ccccc21. The lowest BCUT2D eigenvalue weighted by Gasteiger charge is -2.00. The van der Waals surface area contributed by atoms with E-state index in [1.54, 1.807) is 0 Å². The lowest BCUT2D eigenvalue weighted by molar-refractivity contribution is 0.795. The molecule has 0 radical (unpaired) electrons. The van der Waals surface area contributed by atoms with E-state index in [0.29, 0.717) is 5.84 Å². The molecule has 1 atom stereocenters. The average Bonchev–Trinajstić information content (AvgIpc) is 2.30. The Bertz CT molecular complexity index is 317. The van der Waals surface area contributed by atoms with Crippen molar-refractivity contribution in [2.45, 2.75) is 6.17 Å². The van der Waals surface area contributed by atoms with Gasteiger partial charge in [-0.1, -0.05) is 24.3 Å². The first-order valence-electron chi connectivity index (χ1n) is 3.47. The van der Waals surface area contributed by atoms with E-state index in [1.165, 1.54) is 0 Å². The van der Waals surface area contributed by atoms with Crippen LogP contribution in [0.15, 0.2) is 29.3 Å². The van der Waals surface area contributed by atoms with E-state index in [2.05, 4.69) is 4.99 Å². The van der Waals surface area contributed by atoms with E-state index in [-0.39, 0.29) is 6.17 Å². The van der Waals surface area contributed by atoms with E-state index in [4.69, 9.17) is 11.5 Å². The molecular formula is C8H9N3. The molecule has 1 aliphatic heterocycles. The second-order valence-corrected chi connectivity index (χ2v) is 2.55. The van der Waals surface area contributed by atoms with Crippen LogP contribution < -0.4 is 11.5 Å². The van der Waals surface area contributed by atoms with Crippen LogP contribution in [0.3, 0.4) is 0 Å². The Morgan fingerprint density at radius 3 is 2.73 bits per heavy atom. The topological polar surface area (TPSA) is 64.4 Å². The summed E-state index contributed by atoms with van der Waals surface area (Å²) in [5.74, 6) is 0.549. The number of hydrogen-bond acceptors (Lipinski definition) is 3. The largest absolute Gasteiger partial charge is 0.383 e. The summed E-state index contributed by atoms with van der Waals surface area (Å²) in [6.07, 6.45) is -0.258. The van der Waals surface area contributed by atoms with Crippen LogP contribution in [0.5, 0.6) is 0 Å². The maximum absolute atomic E-state index is 5.67. The Kier molecular flexibility index (Phi) is 1.20. The van der Waals surface area contributed by atoms with Crippen molar-refractivity contribution < 1.29 is 0 Å². The third-order valence-electron chi connectivity index (χ3n) is 1.83. The van der Waals surface area contributed by atoms with Gasteiger partial charge in [0.1, 0.15) is 12.0 Å². The number of aliphatic imine (C=N–C) groups is 1. The number of amidine groups is 1. The van der Waals surface area contributed by atoms with E-state index in [0.717, 1.165) is 11.1 Å². The van der Waals surface area contributed by atoms with E-state index in [9.17, 15) is 0 Å². The Hall–Kier alpha value is -1.35. The zero-order valence-electron chi connectivity index (χ0n) is 5.99. The van der Waals surface area contributed by atoms with Gasteiger partial charge in [0.25, 0.3) is 0 Å². The van der Waals surface area contributed by atoms with E-state index < -0.39 is 0 Å². The Labute approximate surface area is 64.7 Å². The molecule has 0 fully saturated rings. The Balaban J connectivity index is 2.62. The molecule has 0 aliphatic carbocycles. The maximum atomic E-state index is 5.67. The van der Waals surface area contributed by atoms with Crippen molar-refractivity contribution >= 4 is 5.84 Å². The summed E-state index contributed by atoms with van der Waals surface area (Å²) < 4.78 is 0. The zero-order valence-corrected chi connectivity index (χ0v) is 5.99. The summed E-state index contributed by atoms with van der Waals surface area (Å²) in [4.78, 5) is 4.03. The first kappa shape index (κ1) is 6.37. The van der Waals surface area contributed by atoms with Gasteiger partial charge in [0.2, 0.25) is 0 Å². The molecular weight excluding hydrogens is 138 g/mol. The molecule has 1 aromatic rings. The van der Waals surface area contributed by atoms with E-state index >= 15 is 0 Å². The molecule has 1 aromatic carbocycles. The molecule has 0 saturated carbocycles. The lowest BCUT2D eigenvalue weighted by Crippen LogP contribution is -2.09. The fraction of sp³-hybridized carbons (Fsp3) is 0.125. The third kappa shape index (κ3) is 0.816. The quantitative estimate of drug-likeness (QED) is 0.556. The summed E-state index contributed by atoms with van der Waals surface area (Å²) in [6.45, 7) is 0. The summed E-state index contributed by atoms with van der Waals surface area (Å²) in [7, 11) is 0. The van der Waals surface area contributed by atoms with Crippen molar-refractivity contribution in [3.05, 3.63) is 35.4 Å². The van der Waals surface area contributed by atoms with Crippen molar-refractivity contribution in [1.29, 1.82) is 0 Å². The Morgan fingerprint density at radius 1 is 1.27 bits per heavy atom. The number of hydrogen-bond donors (Lipinski definition) is 2. The number of nitrogens with two attached hydrogens (primary N) is 2. The van der Waals surface area contributed by atoms with E-state index in [1.807, 2.05) is 24.3 Å². The lowest BCUT2D eigenvalue weighted by atomic mass is 10.1. The second kappa shape index (κ2) is 2.07. The standard InChI is InChI=1S/C8H9N3/c9-7-5-3-1-2-4-6(5)8(10)11-7/h1-4,7H,9H2,(H2,10,11)/t7-/m1/s1. The molecule has 1 aliphatic rings. The van der Waals surface area contributed by atoms with Crippen molar-refractivity contribution in [3.8, 4) is 0 Å². The predicted molar refractivity (Wildman–Crippen MR) is 44.1 cm³/mol. The molecule has 56 valence electrons. The number of fused-ring (bicyclic) bond motifs is 1. The highest BCUT2D eigenvalue weighted by atomic mass is 15.0. The molecule has 0 bridgehead atoms. The van der Waals surface area contributed by atoms with Crippen LogP contribution in [0.4, 0.5) is 0 Å². The molecule has 0 aromatic heterocycles. The molecule has 4 N–H and O–H groups in total. The summed E-state index contributed by atoms with van der Waals surface area (Å²) in [5, 5.41) is 0. The van der Waals surface area contributed by atoms with Gasteiger partial charge in [-0.05, 0) is 0 Å². The highest BCUT2D eigenvalue weighted by Gasteiger charge is 2.18. The van der Waals surface area contributed by atoms with Crippen LogP contribution in [-0.2, 0) is 0 Å². The molecule has 3 nitrogen and oxygen atoms in total. The molecule has 2 rings (SSSR count). The normalized spacial score (nSPS) is 21.2. The third-order valence-corrected chi connectivity index (χ3v) is 1.83. The van der Waals surface area contributed by atoms with Crippen molar-refractivity contribution in [1.82, 2.24) is 0 Å². The van der Waals surface area contributed by atoms with Crippen LogP contribution in [0, 0.1) is 0 Å². The van der Waals surface area contributed by atoms with Crippen LogP contribution >= 0.6 is 0 Å². The summed E-state index contributed by atoms with van der Waals surface area (Å²) >= 11 is 0. The van der Waals surface area contributed by atoms with Gasteiger partial charge < -0.3 is 11.5 Å². The molecule has 0 amide bonds. The fourth-order valence-electron chi connectivity index (χ4n) is 1.28. The Morgan fingerprint density at radius 2 is 2.00 bits per heavy atom. The molecule has 3 heteroatoms. The van der Waals surface area contributed by atoms with Crippen LogP contribution in [-0.4, -0.2) is 5.84 Å². The predicted octanol–water partition coefficient (Wildman–Crippen LogP) is 0.363. The minimum atomic E-state index is -0.258. The van der Waals surface area contributed by atoms with Gasteiger partial charge >= 0.3 is 0 Å². The monoisotopic (exact) mass is 147 g/mol. The number of rotatable bonds is 0. The summed E-state index contributed by atoms with van der Waals surface area (Å²) in [6, 6.07) is 7.75. The molecule has 11 heavy (non-hydrogen) atoms. The number of benzene rings is 1. The van der Waals surface area contributed by atoms with Gasteiger partial charge in [0.05, 0.1) is 0 Å². The molecule has 0 saturated heterocycles. The minimum absolute atomic E-state index is 0.258. The molecule has 0 spiro atoms. The van der Waals surface area contributed by atoms with Crippen molar-refractivity contribution in [2.75, 3.05) is 0 Å². The summed E-state index contributed by atoms with van der Waals surface area (Å²) in [5.41, 5.74) is 13.3. The fourth-order valence-corrected chi connectivity index (χ4v) is 1.28. The average molecular weight is 147 g/mol. The van der Waals surface area contributed by atoms with Crippen molar-refractivity contribution in [3.63, 3.8) is 0 Å². The van der Waals surface area contributed by atoms with Gasteiger partial charge in [-0.15, -0.1) is 0 Å². The first-order chi connectivity index (χ1) is 5.29. The van der Waals surface area contributed by atoms with Gasteiger partial charge in [0, 0.05) is 11.1 Å². The van der Waals surface area contributed by atoms with Crippen molar-refractivity contribution in [2.24, 2.45) is 16.5 Å². The van der Waals surface area contributed by atoms with Gasteiger partial charge in [-0.25, -0.2) is 4.99 Å².